The van der Waals surface area contributed by atoms with Gasteiger partial charge in [0.1, 0.15) is 5.82 Å². The van der Waals surface area contributed by atoms with Crippen LogP contribution in [0.25, 0.3) is 11.0 Å². The van der Waals surface area contributed by atoms with Crippen LogP contribution < -0.4 is 5.32 Å². The van der Waals surface area contributed by atoms with Gasteiger partial charge in [-0.25, -0.2) is 4.98 Å². The van der Waals surface area contributed by atoms with E-state index in [9.17, 15) is 0 Å². The third-order valence-corrected chi connectivity index (χ3v) is 3.93. The fourth-order valence-electron chi connectivity index (χ4n) is 2.76. The Morgan fingerprint density at radius 2 is 2.16 bits per heavy atom. The average Bonchev–Trinajstić information content (AvgIpc) is 2.58. The van der Waals surface area contributed by atoms with Crippen LogP contribution in [0.2, 0.25) is 0 Å². The topological polar surface area (TPSA) is 33.1 Å². The minimum Gasteiger partial charge on any atom is -0.330 e. The molecule has 1 aliphatic heterocycles. The van der Waals surface area contributed by atoms with Crippen LogP contribution >= 0.6 is 0 Å². The number of nitrogens with one attached hydrogen (secondary N) is 1. The van der Waals surface area contributed by atoms with E-state index in [4.69, 9.17) is 4.98 Å². The van der Waals surface area contributed by atoms with Gasteiger partial charge in [-0.15, -0.1) is 0 Å². The molecule has 0 amide bonds. The number of hydrogen-bond acceptors (Lipinski definition) is 3. The van der Waals surface area contributed by atoms with E-state index in [0.717, 1.165) is 38.2 Å². The average molecular weight is 258 g/mol. The minimum atomic E-state index is 0.950. The molecule has 0 atom stereocenters. The van der Waals surface area contributed by atoms with Crippen molar-refractivity contribution in [1.29, 1.82) is 0 Å². The summed E-state index contributed by atoms with van der Waals surface area (Å²) in [5.74, 6) is 1.17. The molecule has 1 N–H and O–H groups in total. The molecular formula is C15H22N4. The van der Waals surface area contributed by atoms with Crippen LogP contribution in [-0.2, 0) is 13.6 Å². The lowest BCUT2D eigenvalue weighted by Gasteiger charge is -2.18. The Morgan fingerprint density at radius 1 is 1.26 bits per heavy atom. The maximum atomic E-state index is 4.80. The molecule has 1 aromatic carbocycles. The van der Waals surface area contributed by atoms with Crippen LogP contribution in [-0.4, -0.2) is 40.6 Å². The summed E-state index contributed by atoms with van der Waals surface area (Å²) in [7, 11) is 2.12. The summed E-state index contributed by atoms with van der Waals surface area (Å²) in [4.78, 5) is 7.29. The van der Waals surface area contributed by atoms with Gasteiger partial charge in [0.25, 0.3) is 0 Å². The van der Waals surface area contributed by atoms with Crippen LogP contribution in [0, 0.1) is 6.92 Å². The molecule has 2 heterocycles. The van der Waals surface area contributed by atoms with Crippen molar-refractivity contribution in [3.05, 3.63) is 29.6 Å². The van der Waals surface area contributed by atoms with Gasteiger partial charge in [-0.3, -0.25) is 4.90 Å². The van der Waals surface area contributed by atoms with Crippen LogP contribution in [0.1, 0.15) is 17.8 Å². The van der Waals surface area contributed by atoms with Crippen molar-refractivity contribution in [2.45, 2.75) is 19.9 Å². The first-order valence-electron chi connectivity index (χ1n) is 7.09. The fraction of sp³-hybridized carbons (Fsp3) is 0.533. The molecule has 0 aliphatic carbocycles. The first-order chi connectivity index (χ1) is 9.24. The second-order valence-electron chi connectivity index (χ2n) is 5.46. The Bertz CT molecular complexity index is 565. The SMILES string of the molecule is Cc1ccc2c(c1)nc(CN1CCCNCC1)n2C. The van der Waals surface area contributed by atoms with Crippen molar-refractivity contribution in [3.63, 3.8) is 0 Å². The Balaban J connectivity index is 1.85. The molecular weight excluding hydrogens is 236 g/mol. The van der Waals surface area contributed by atoms with Gasteiger partial charge in [-0.2, -0.15) is 0 Å². The molecule has 102 valence electrons. The molecule has 3 rings (SSSR count). The Morgan fingerprint density at radius 3 is 3.05 bits per heavy atom. The van der Waals surface area contributed by atoms with Gasteiger partial charge >= 0.3 is 0 Å². The van der Waals surface area contributed by atoms with E-state index in [1.165, 1.54) is 23.3 Å². The van der Waals surface area contributed by atoms with E-state index >= 15 is 0 Å². The van der Waals surface area contributed by atoms with E-state index in [1.807, 2.05) is 0 Å². The second kappa shape index (κ2) is 5.31. The van der Waals surface area contributed by atoms with Crippen molar-refractivity contribution < 1.29 is 0 Å². The van der Waals surface area contributed by atoms with Gasteiger partial charge in [0.15, 0.2) is 0 Å². The van der Waals surface area contributed by atoms with E-state index < -0.39 is 0 Å². The zero-order valence-corrected chi connectivity index (χ0v) is 11.8. The molecule has 0 unspecified atom stereocenters. The van der Waals surface area contributed by atoms with Crippen molar-refractivity contribution in [3.8, 4) is 0 Å². The molecule has 1 aliphatic rings. The summed E-state index contributed by atoms with van der Waals surface area (Å²) in [6.45, 7) is 7.57. The molecule has 0 bridgehead atoms. The normalized spacial score (nSPS) is 17.8. The largest absolute Gasteiger partial charge is 0.330 e. The molecule has 1 saturated heterocycles. The zero-order valence-electron chi connectivity index (χ0n) is 11.8. The number of aryl methyl sites for hydroxylation is 2. The maximum Gasteiger partial charge on any atom is 0.123 e. The maximum absolute atomic E-state index is 4.80. The van der Waals surface area contributed by atoms with Crippen LogP contribution in [0.3, 0.4) is 0 Å². The molecule has 0 spiro atoms. The van der Waals surface area contributed by atoms with E-state index in [2.05, 4.69) is 47.0 Å². The van der Waals surface area contributed by atoms with Crippen molar-refractivity contribution in [1.82, 2.24) is 19.8 Å². The third-order valence-electron chi connectivity index (χ3n) is 3.93. The summed E-state index contributed by atoms with van der Waals surface area (Å²) < 4.78 is 2.23. The molecule has 2 aromatic rings. The number of fused-ring (bicyclic) bond motifs is 1. The van der Waals surface area contributed by atoms with Gasteiger partial charge in [0, 0.05) is 20.1 Å². The Kier molecular flexibility index (Phi) is 3.53. The number of nitrogens with zero attached hydrogens (tertiary/aromatic N) is 3. The predicted molar refractivity (Wildman–Crippen MR) is 78.2 cm³/mol. The molecule has 0 saturated carbocycles. The summed E-state index contributed by atoms with van der Waals surface area (Å²) in [6.07, 6.45) is 1.23. The van der Waals surface area contributed by atoms with Crippen molar-refractivity contribution in [2.75, 3.05) is 26.2 Å². The monoisotopic (exact) mass is 258 g/mol. The highest BCUT2D eigenvalue weighted by molar-refractivity contribution is 5.76. The molecule has 0 radical (unpaired) electrons. The second-order valence-corrected chi connectivity index (χ2v) is 5.46. The van der Waals surface area contributed by atoms with Crippen molar-refractivity contribution in [2.24, 2.45) is 7.05 Å². The number of aromatic nitrogens is 2. The van der Waals surface area contributed by atoms with E-state index in [-0.39, 0.29) is 0 Å². The minimum absolute atomic E-state index is 0.950. The summed E-state index contributed by atoms with van der Waals surface area (Å²) in [5, 5.41) is 3.44. The zero-order chi connectivity index (χ0) is 13.2. The number of rotatable bonds is 2. The lowest BCUT2D eigenvalue weighted by Crippen LogP contribution is -2.28. The van der Waals surface area contributed by atoms with Gasteiger partial charge in [0.05, 0.1) is 17.6 Å². The summed E-state index contributed by atoms with van der Waals surface area (Å²) in [6, 6.07) is 6.50. The third kappa shape index (κ3) is 2.65. The van der Waals surface area contributed by atoms with Crippen LogP contribution in [0.15, 0.2) is 18.2 Å². The Hall–Kier alpha value is -1.39. The quantitative estimate of drug-likeness (QED) is 0.889. The molecule has 19 heavy (non-hydrogen) atoms. The first kappa shape index (κ1) is 12.6. The highest BCUT2D eigenvalue weighted by Gasteiger charge is 2.13. The molecule has 4 nitrogen and oxygen atoms in total. The number of hydrogen-bond donors (Lipinski definition) is 1. The molecule has 1 fully saturated rings. The van der Waals surface area contributed by atoms with Crippen molar-refractivity contribution >= 4 is 11.0 Å². The molecule has 4 heteroatoms. The lowest BCUT2D eigenvalue weighted by atomic mass is 10.2. The van der Waals surface area contributed by atoms with Gasteiger partial charge in [-0.05, 0) is 44.1 Å². The Labute approximate surface area is 114 Å². The molecule has 1 aromatic heterocycles. The highest BCUT2D eigenvalue weighted by atomic mass is 15.2. The van der Waals surface area contributed by atoms with Gasteiger partial charge in [0.2, 0.25) is 0 Å². The van der Waals surface area contributed by atoms with E-state index in [0.29, 0.717) is 0 Å². The summed E-state index contributed by atoms with van der Waals surface area (Å²) >= 11 is 0. The van der Waals surface area contributed by atoms with Crippen LogP contribution in [0.5, 0.6) is 0 Å². The standard InChI is InChI=1S/C15H22N4/c1-12-4-5-14-13(10-12)17-15(18(14)2)11-19-8-3-6-16-7-9-19/h4-5,10,16H,3,6-9,11H2,1-2H3. The van der Waals surface area contributed by atoms with E-state index in [1.54, 1.807) is 0 Å². The van der Waals surface area contributed by atoms with Gasteiger partial charge < -0.3 is 9.88 Å². The van der Waals surface area contributed by atoms with Crippen LogP contribution in [0.4, 0.5) is 0 Å². The summed E-state index contributed by atoms with van der Waals surface area (Å²) in [5.41, 5.74) is 3.62. The van der Waals surface area contributed by atoms with Gasteiger partial charge in [-0.1, -0.05) is 6.07 Å². The predicted octanol–water partition coefficient (Wildman–Crippen LogP) is 1.68. The first-order valence-corrected chi connectivity index (χ1v) is 7.09. The fourth-order valence-corrected chi connectivity index (χ4v) is 2.76. The highest BCUT2D eigenvalue weighted by Crippen LogP contribution is 2.17. The lowest BCUT2D eigenvalue weighted by molar-refractivity contribution is 0.275. The number of benzene rings is 1. The smallest absolute Gasteiger partial charge is 0.123 e. The number of imidazole rings is 1.